The molecule has 0 aromatic heterocycles. The fraction of sp³-hybridized carbons (Fsp3) is 0.772. The first-order valence-electron chi connectivity index (χ1n) is 37.5. The molecule has 1 aliphatic heterocycles. The summed E-state index contributed by atoms with van der Waals surface area (Å²) in [5.41, 5.74) is 0. The van der Waals surface area contributed by atoms with Crippen LogP contribution in [0.1, 0.15) is 329 Å². The zero-order valence-electron chi connectivity index (χ0n) is 58.0. The Morgan fingerprint density at radius 3 is 1.22 bits per heavy atom. The molecule has 0 aliphatic carbocycles. The van der Waals surface area contributed by atoms with E-state index in [1.165, 1.54) is 173 Å². The first kappa shape index (κ1) is 84.6. The molecule has 11 heteroatoms. The average molecular weight is 1260 g/mol. The SMILES string of the molecule is CC/C=C\C/C=C\C/C=C\C/C=C\C/C=C\CCCCCCCCCCCC(=O)OC1C(OCC(NC(=O)C(O)CCCCCCCCCCCCCCCC/C=C\C/C=C\CCCCC)C(O)/C=C/CCCCCCCCCCCC)OC(CO)C(O)C1O. The summed E-state index contributed by atoms with van der Waals surface area (Å²) in [7, 11) is 0. The number of carbonyl (C=O) groups excluding carboxylic acids is 2. The molecule has 520 valence electrons. The number of hydrogen-bond donors (Lipinski definition) is 6. The van der Waals surface area contributed by atoms with Crippen molar-refractivity contribution in [1.82, 2.24) is 5.32 Å². The van der Waals surface area contributed by atoms with Crippen LogP contribution in [0.5, 0.6) is 0 Å². The third kappa shape index (κ3) is 52.0. The van der Waals surface area contributed by atoms with E-state index in [0.717, 1.165) is 109 Å². The highest BCUT2D eigenvalue weighted by molar-refractivity contribution is 5.80. The minimum Gasteiger partial charge on any atom is -0.454 e. The van der Waals surface area contributed by atoms with Gasteiger partial charge in [-0.05, 0) is 103 Å². The van der Waals surface area contributed by atoms with Gasteiger partial charge in [0.05, 0.1) is 25.4 Å². The predicted octanol–water partition coefficient (Wildman–Crippen LogP) is 19.8. The number of unbranched alkanes of at least 4 members (excludes halogenated alkanes) is 36. The largest absolute Gasteiger partial charge is 0.454 e. The van der Waals surface area contributed by atoms with Crippen molar-refractivity contribution < 1.29 is 49.3 Å². The molecule has 0 spiro atoms. The van der Waals surface area contributed by atoms with Crippen molar-refractivity contribution in [3.8, 4) is 0 Å². The van der Waals surface area contributed by atoms with Crippen LogP contribution in [0, 0.1) is 0 Å². The number of carbonyl (C=O) groups is 2. The summed E-state index contributed by atoms with van der Waals surface area (Å²) < 4.78 is 17.7. The molecule has 6 N–H and O–H groups in total. The Bertz CT molecular complexity index is 1840. The van der Waals surface area contributed by atoms with Crippen molar-refractivity contribution in [2.45, 2.75) is 378 Å². The summed E-state index contributed by atoms with van der Waals surface area (Å²) in [5, 5.41) is 57.4. The van der Waals surface area contributed by atoms with Gasteiger partial charge in [-0.2, -0.15) is 0 Å². The second-order valence-electron chi connectivity index (χ2n) is 25.6. The molecule has 0 radical (unpaired) electrons. The van der Waals surface area contributed by atoms with Crippen LogP contribution in [0.2, 0.25) is 0 Å². The summed E-state index contributed by atoms with van der Waals surface area (Å²) in [5.74, 6) is -1.20. The monoisotopic (exact) mass is 1260 g/mol. The summed E-state index contributed by atoms with van der Waals surface area (Å²) in [4.78, 5) is 26.7. The second kappa shape index (κ2) is 65.6. The van der Waals surface area contributed by atoms with Gasteiger partial charge < -0.3 is 45.1 Å². The van der Waals surface area contributed by atoms with E-state index in [4.69, 9.17) is 14.2 Å². The Morgan fingerprint density at radius 2 is 0.800 bits per heavy atom. The molecule has 8 unspecified atom stereocenters. The number of aliphatic hydroxyl groups excluding tert-OH is 5. The number of rotatable bonds is 64. The molecule has 8 atom stereocenters. The number of allylic oxidation sites excluding steroid dienone is 15. The maximum atomic E-state index is 13.5. The highest BCUT2D eigenvalue weighted by Gasteiger charge is 2.47. The lowest BCUT2D eigenvalue weighted by atomic mass is 9.99. The van der Waals surface area contributed by atoms with Crippen LogP contribution >= 0.6 is 0 Å². The lowest BCUT2D eigenvalue weighted by Gasteiger charge is -2.41. The van der Waals surface area contributed by atoms with Gasteiger partial charge in [-0.3, -0.25) is 9.59 Å². The highest BCUT2D eigenvalue weighted by atomic mass is 16.7. The molecule has 0 aromatic rings. The normalized spacial score (nSPS) is 18.6. The molecule has 1 aliphatic rings. The van der Waals surface area contributed by atoms with E-state index in [-0.39, 0.29) is 19.4 Å². The lowest BCUT2D eigenvalue weighted by molar-refractivity contribution is -0.305. The Kier molecular flexibility index (Phi) is 61.7. The third-order valence-electron chi connectivity index (χ3n) is 17.2. The van der Waals surface area contributed by atoms with E-state index < -0.39 is 67.4 Å². The molecule has 1 amide bonds. The van der Waals surface area contributed by atoms with E-state index >= 15 is 0 Å². The van der Waals surface area contributed by atoms with E-state index in [1.807, 2.05) is 6.08 Å². The maximum absolute atomic E-state index is 13.5. The molecular formula is C79H139NO10. The molecule has 1 fully saturated rings. The van der Waals surface area contributed by atoms with Crippen LogP contribution in [-0.4, -0.2) is 99.6 Å². The average Bonchev–Trinajstić information content (AvgIpc) is 1.18. The van der Waals surface area contributed by atoms with Crippen molar-refractivity contribution in [2.75, 3.05) is 13.2 Å². The van der Waals surface area contributed by atoms with Gasteiger partial charge in [0.15, 0.2) is 12.4 Å². The summed E-state index contributed by atoms with van der Waals surface area (Å²) >= 11 is 0. The van der Waals surface area contributed by atoms with E-state index in [2.05, 4.69) is 111 Å². The van der Waals surface area contributed by atoms with Crippen LogP contribution in [-0.2, 0) is 23.8 Å². The molecule has 90 heavy (non-hydrogen) atoms. The van der Waals surface area contributed by atoms with Gasteiger partial charge >= 0.3 is 5.97 Å². The van der Waals surface area contributed by atoms with Gasteiger partial charge in [0.2, 0.25) is 5.91 Å². The number of esters is 1. The third-order valence-corrected chi connectivity index (χ3v) is 17.2. The molecule has 11 nitrogen and oxygen atoms in total. The fourth-order valence-corrected chi connectivity index (χ4v) is 11.4. The van der Waals surface area contributed by atoms with Crippen LogP contribution < -0.4 is 5.32 Å². The first-order valence-corrected chi connectivity index (χ1v) is 37.5. The Balaban J connectivity index is 2.54. The standard InChI is InChI=1S/C79H139NO10/c1-4-7-10-13-16-19-22-25-27-29-31-33-35-37-39-41-43-45-47-49-52-55-58-61-64-67-74(84)90-77-76(86)75(85)73(68-81)89-79(77)88-69-70(71(82)65-62-59-56-53-50-24-21-18-15-12-9-6-3)80-78(87)72(83)66-63-60-57-54-51-48-46-44-42-40-38-36-34-32-30-28-26-23-20-17-14-11-8-5-2/h7,10,16-17,19-20,25-28,31,33,37,39,62,65,70-73,75-77,79,81-83,85-86H,4-6,8-9,11-15,18,21-24,29-30,32,34-36,38,40-61,63-64,66-69H2,1-3H3,(H,80,87)/b10-7-,19-16-,20-17-,27-25-,28-26-,33-31-,39-37-,65-62+. The van der Waals surface area contributed by atoms with Crippen molar-refractivity contribution in [2.24, 2.45) is 0 Å². The van der Waals surface area contributed by atoms with E-state index in [1.54, 1.807) is 6.08 Å². The number of aliphatic hydroxyl groups is 5. The van der Waals surface area contributed by atoms with Crippen LogP contribution in [0.25, 0.3) is 0 Å². The minimum absolute atomic E-state index is 0.113. The number of hydrogen-bond acceptors (Lipinski definition) is 10. The Labute approximate surface area is 552 Å². The lowest BCUT2D eigenvalue weighted by Crippen LogP contribution is -2.61. The Morgan fingerprint density at radius 1 is 0.444 bits per heavy atom. The molecule has 1 saturated heterocycles. The second-order valence-corrected chi connectivity index (χ2v) is 25.6. The van der Waals surface area contributed by atoms with Gasteiger partial charge in [-0.15, -0.1) is 0 Å². The first-order chi connectivity index (χ1) is 44.2. The van der Waals surface area contributed by atoms with Gasteiger partial charge in [0.1, 0.15) is 24.4 Å². The van der Waals surface area contributed by atoms with Crippen molar-refractivity contribution in [3.05, 3.63) is 97.2 Å². The van der Waals surface area contributed by atoms with Crippen molar-refractivity contribution in [3.63, 3.8) is 0 Å². The van der Waals surface area contributed by atoms with Crippen molar-refractivity contribution in [1.29, 1.82) is 0 Å². The van der Waals surface area contributed by atoms with Gasteiger partial charge in [0.25, 0.3) is 0 Å². The summed E-state index contributed by atoms with van der Waals surface area (Å²) in [6.07, 6.45) is 78.7. The van der Waals surface area contributed by atoms with Crippen LogP contribution in [0.3, 0.4) is 0 Å². The number of ether oxygens (including phenoxy) is 3. The quantitative estimate of drug-likeness (QED) is 0.0195. The molecule has 1 heterocycles. The Hall–Kier alpha value is -3.42. The fourth-order valence-electron chi connectivity index (χ4n) is 11.4. The number of amides is 1. The molecule has 0 aromatic carbocycles. The smallest absolute Gasteiger partial charge is 0.306 e. The summed E-state index contributed by atoms with van der Waals surface area (Å²) in [6, 6.07) is -1.03. The zero-order chi connectivity index (χ0) is 65.3. The molecule has 0 saturated carbocycles. The van der Waals surface area contributed by atoms with Crippen molar-refractivity contribution >= 4 is 11.9 Å². The predicted molar refractivity (Wildman–Crippen MR) is 379 cm³/mol. The van der Waals surface area contributed by atoms with E-state index in [9.17, 15) is 35.1 Å². The summed E-state index contributed by atoms with van der Waals surface area (Å²) in [6.45, 7) is 5.68. The molecular weight excluding hydrogens is 1120 g/mol. The topological polar surface area (TPSA) is 175 Å². The molecule has 0 bridgehead atoms. The maximum Gasteiger partial charge on any atom is 0.306 e. The van der Waals surface area contributed by atoms with Gasteiger partial charge in [-0.1, -0.05) is 317 Å². The van der Waals surface area contributed by atoms with Crippen LogP contribution in [0.4, 0.5) is 0 Å². The van der Waals surface area contributed by atoms with Crippen LogP contribution in [0.15, 0.2) is 97.2 Å². The van der Waals surface area contributed by atoms with E-state index in [0.29, 0.717) is 12.8 Å². The zero-order valence-corrected chi connectivity index (χ0v) is 58.0. The molecule has 1 rings (SSSR count). The number of nitrogens with one attached hydrogen (secondary N) is 1. The van der Waals surface area contributed by atoms with Gasteiger partial charge in [0, 0.05) is 6.42 Å². The minimum atomic E-state index is -1.62. The van der Waals surface area contributed by atoms with Gasteiger partial charge in [-0.25, -0.2) is 0 Å². The highest BCUT2D eigenvalue weighted by Crippen LogP contribution is 2.26.